The van der Waals surface area contributed by atoms with Crippen LogP contribution >= 0.6 is 11.6 Å². The molecule has 7 nitrogen and oxygen atoms in total. The fraction of sp³-hybridized carbons (Fsp3) is 0.133. The maximum Gasteiger partial charge on any atom is 0.341 e. The van der Waals surface area contributed by atoms with E-state index in [2.05, 4.69) is 4.74 Å². The Bertz CT molecular complexity index is 762. The zero-order chi connectivity index (χ0) is 17.0. The number of carbonyl (C=O) groups excluding carboxylic acids is 1. The van der Waals surface area contributed by atoms with Crippen LogP contribution in [0, 0.1) is 10.1 Å². The van der Waals surface area contributed by atoms with Gasteiger partial charge in [0.05, 0.1) is 19.1 Å². The fourth-order valence-electron chi connectivity index (χ4n) is 1.83. The fourth-order valence-corrected chi connectivity index (χ4v) is 2.00. The largest absolute Gasteiger partial charge is 0.497 e. The van der Waals surface area contributed by atoms with Gasteiger partial charge in [-0.15, -0.1) is 0 Å². The van der Waals surface area contributed by atoms with Crippen LogP contribution < -0.4 is 9.47 Å². The smallest absolute Gasteiger partial charge is 0.341 e. The van der Waals surface area contributed by atoms with Crippen LogP contribution in [0.25, 0.3) is 0 Å². The maximum absolute atomic E-state index is 11.9. The number of ether oxygens (including phenoxy) is 3. The second-order valence-electron chi connectivity index (χ2n) is 4.32. The average molecular weight is 338 g/mol. The Balaban J connectivity index is 2.50. The predicted octanol–water partition coefficient (Wildman–Crippen LogP) is 3.84. The number of rotatable bonds is 5. The monoisotopic (exact) mass is 337 g/mol. The van der Waals surface area contributed by atoms with Crippen LogP contribution in [-0.2, 0) is 4.74 Å². The van der Waals surface area contributed by atoms with Crippen molar-refractivity contribution in [1.29, 1.82) is 0 Å². The van der Waals surface area contributed by atoms with E-state index in [0.717, 1.165) is 0 Å². The molecule has 0 aromatic heterocycles. The molecule has 0 aliphatic carbocycles. The molecule has 0 aliphatic heterocycles. The van der Waals surface area contributed by atoms with Gasteiger partial charge in [0.1, 0.15) is 17.1 Å². The molecule has 23 heavy (non-hydrogen) atoms. The van der Waals surface area contributed by atoms with Crippen molar-refractivity contribution < 1.29 is 23.9 Å². The molecular formula is C15H12ClNO6. The van der Waals surface area contributed by atoms with Gasteiger partial charge >= 0.3 is 11.7 Å². The number of carbonyl (C=O) groups is 1. The Morgan fingerprint density at radius 2 is 1.87 bits per heavy atom. The lowest BCUT2D eigenvalue weighted by molar-refractivity contribution is -0.385. The third-order valence-corrected chi connectivity index (χ3v) is 3.17. The Hall–Kier alpha value is -2.80. The number of nitro benzene ring substituents is 1. The van der Waals surface area contributed by atoms with E-state index in [0.29, 0.717) is 5.75 Å². The molecule has 0 saturated carbocycles. The van der Waals surface area contributed by atoms with Crippen LogP contribution in [0.15, 0.2) is 36.4 Å². The van der Waals surface area contributed by atoms with Gasteiger partial charge in [0.25, 0.3) is 0 Å². The normalized spacial score (nSPS) is 10.0. The van der Waals surface area contributed by atoms with Crippen molar-refractivity contribution in [3.05, 3.63) is 57.1 Å². The van der Waals surface area contributed by atoms with Crippen molar-refractivity contribution in [2.45, 2.75) is 0 Å². The molecule has 0 N–H and O–H groups in total. The minimum Gasteiger partial charge on any atom is -0.497 e. The van der Waals surface area contributed by atoms with E-state index < -0.39 is 10.9 Å². The number of hydrogen-bond donors (Lipinski definition) is 0. The molecule has 0 atom stereocenters. The van der Waals surface area contributed by atoms with Crippen LogP contribution in [-0.4, -0.2) is 25.1 Å². The van der Waals surface area contributed by atoms with Gasteiger partial charge in [-0.05, 0) is 24.3 Å². The molecule has 2 aromatic rings. The molecule has 0 fully saturated rings. The summed E-state index contributed by atoms with van der Waals surface area (Å²) in [6.45, 7) is 0. The molecule has 0 heterocycles. The van der Waals surface area contributed by atoms with Gasteiger partial charge in [0.15, 0.2) is 0 Å². The minimum absolute atomic E-state index is 0.0705. The standard InChI is InChI=1S/C15H12ClNO6/c1-21-10-4-6-13(11(8-10)15(18)22-2)23-14-7-9(16)3-5-12(14)17(19)20/h3-8H,1-2H3. The van der Waals surface area contributed by atoms with Crippen LogP contribution in [0.5, 0.6) is 17.2 Å². The molecule has 0 saturated heterocycles. The average Bonchev–Trinajstić information content (AvgIpc) is 2.54. The first-order chi connectivity index (χ1) is 11.0. The van der Waals surface area contributed by atoms with Gasteiger partial charge in [0, 0.05) is 17.2 Å². The molecule has 0 bridgehead atoms. The number of nitrogens with zero attached hydrogens (tertiary/aromatic N) is 1. The molecule has 2 rings (SSSR count). The summed E-state index contributed by atoms with van der Waals surface area (Å²) in [7, 11) is 2.66. The van der Waals surface area contributed by atoms with Crippen molar-refractivity contribution >= 4 is 23.3 Å². The molecule has 0 amide bonds. The number of halogens is 1. The SMILES string of the molecule is COC(=O)c1cc(OC)ccc1Oc1cc(Cl)ccc1[N+](=O)[O-]. The highest BCUT2D eigenvalue weighted by Gasteiger charge is 2.20. The van der Waals surface area contributed by atoms with Crippen molar-refractivity contribution in [3.63, 3.8) is 0 Å². The molecule has 0 unspecified atom stereocenters. The molecule has 0 radical (unpaired) electrons. The summed E-state index contributed by atoms with van der Waals surface area (Å²) in [6, 6.07) is 8.32. The second kappa shape index (κ2) is 6.97. The predicted molar refractivity (Wildman–Crippen MR) is 82.5 cm³/mol. The van der Waals surface area contributed by atoms with Gasteiger partial charge in [-0.1, -0.05) is 11.6 Å². The quantitative estimate of drug-likeness (QED) is 0.468. The molecule has 0 spiro atoms. The summed E-state index contributed by atoms with van der Waals surface area (Å²) in [5.74, 6) is -0.247. The van der Waals surface area contributed by atoms with Gasteiger partial charge < -0.3 is 14.2 Å². The highest BCUT2D eigenvalue weighted by Crippen LogP contribution is 2.36. The second-order valence-corrected chi connectivity index (χ2v) is 4.76. The number of methoxy groups -OCH3 is 2. The van der Waals surface area contributed by atoms with Gasteiger partial charge in [0.2, 0.25) is 5.75 Å². The summed E-state index contributed by atoms with van der Waals surface area (Å²) in [5, 5.41) is 11.3. The molecule has 8 heteroatoms. The van der Waals surface area contributed by atoms with Gasteiger partial charge in [-0.3, -0.25) is 10.1 Å². The molecular weight excluding hydrogens is 326 g/mol. The Labute approximate surface area is 136 Å². The van der Waals surface area contributed by atoms with Gasteiger partial charge in [-0.25, -0.2) is 4.79 Å². The third-order valence-electron chi connectivity index (χ3n) is 2.93. The first-order valence-electron chi connectivity index (χ1n) is 6.34. The van der Waals surface area contributed by atoms with Crippen molar-refractivity contribution in [2.75, 3.05) is 14.2 Å². The van der Waals surface area contributed by atoms with E-state index in [1.807, 2.05) is 0 Å². The first kappa shape index (κ1) is 16.6. The first-order valence-corrected chi connectivity index (χ1v) is 6.72. The zero-order valence-corrected chi connectivity index (χ0v) is 13.0. The highest BCUT2D eigenvalue weighted by atomic mass is 35.5. The molecule has 120 valence electrons. The number of nitro groups is 1. The van der Waals surface area contributed by atoms with E-state index in [4.69, 9.17) is 21.1 Å². The van der Waals surface area contributed by atoms with Crippen molar-refractivity contribution in [3.8, 4) is 17.2 Å². The van der Waals surface area contributed by atoms with Crippen LogP contribution in [0.1, 0.15) is 10.4 Å². The number of benzene rings is 2. The minimum atomic E-state index is -0.663. The Morgan fingerprint density at radius 1 is 1.13 bits per heavy atom. The molecule has 2 aromatic carbocycles. The topological polar surface area (TPSA) is 87.9 Å². The van der Waals surface area contributed by atoms with Crippen LogP contribution in [0.2, 0.25) is 5.02 Å². The van der Waals surface area contributed by atoms with E-state index in [1.54, 1.807) is 6.07 Å². The van der Waals surface area contributed by atoms with E-state index in [-0.39, 0.29) is 27.8 Å². The third kappa shape index (κ3) is 3.70. The van der Waals surface area contributed by atoms with E-state index in [1.165, 1.54) is 44.6 Å². The van der Waals surface area contributed by atoms with Gasteiger partial charge in [-0.2, -0.15) is 0 Å². The maximum atomic E-state index is 11.9. The van der Waals surface area contributed by atoms with E-state index >= 15 is 0 Å². The summed E-state index contributed by atoms with van der Waals surface area (Å²) in [4.78, 5) is 22.3. The summed E-state index contributed by atoms with van der Waals surface area (Å²) in [5.41, 5.74) is -0.206. The van der Waals surface area contributed by atoms with E-state index in [9.17, 15) is 14.9 Å². The van der Waals surface area contributed by atoms with Crippen molar-refractivity contribution in [2.24, 2.45) is 0 Å². The lowest BCUT2D eigenvalue weighted by atomic mass is 10.2. The van der Waals surface area contributed by atoms with Crippen LogP contribution in [0.4, 0.5) is 5.69 Å². The van der Waals surface area contributed by atoms with Crippen molar-refractivity contribution in [1.82, 2.24) is 0 Å². The summed E-state index contributed by atoms with van der Waals surface area (Å²) < 4.78 is 15.2. The Kier molecular flexibility index (Phi) is 5.02. The lowest BCUT2D eigenvalue weighted by Crippen LogP contribution is -2.05. The summed E-state index contributed by atoms with van der Waals surface area (Å²) >= 11 is 5.85. The highest BCUT2D eigenvalue weighted by molar-refractivity contribution is 6.30. The zero-order valence-electron chi connectivity index (χ0n) is 12.2. The van der Waals surface area contributed by atoms with Crippen LogP contribution in [0.3, 0.4) is 0 Å². The Morgan fingerprint density at radius 3 is 2.48 bits per heavy atom. The number of hydrogen-bond acceptors (Lipinski definition) is 6. The lowest BCUT2D eigenvalue weighted by Gasteiger charge is -2.11. The number of esters is 1. The summed E-state index contributed by atoms with van der Waals surface area (Å²) in [6.07, 6.45) is 0. The molecule has 0 aliphatic rings.